The standard InChI is InChI=1S/C12H25O5P/c1-4-6-9-15-18(14,16-10-7-5-2)17-11-8-12(3)13/h4-11H2,1-3H3. The molecule has 0 atom stereocenters. The number of phosphoric acid groups is 1. The minimum absolute atomic E-state index is 0.0105. The van der Waals surface area contributed by atoms with Gasteiger partial charge in [-0.15, -0.1) is 0 Å². The first-order chi connectivity index (χ1) is 8.54. The van der Waals surface area contributed by atoms with Crippen molar-refractivity contribution in [3.8, 4) is 0 Å². The minimum atomic E-state index is -3.49. The molecule has 0 aliphatic rings. The van der Waals surface area contributed by atoms with Crippen molar-refractivity contribution in [3.05, 3.63) is 0 Å². The zero-order valence-electron chi connectivity index (χ0n) is 11.6. The Hall–Kier alpha value is -0.220. The van der Waals surface area contributed by atoms with E-state index in [1.807, 2.05) is 13.8 Å². The molecular weight excluding hydrogens is 255 g/mol. The van der Waals surface area contributed by atoms with Crippen molar-refractivity contribution in [3.63, 3.8) is 0 Å². The first-order valence-electron chi connectivity index (χ1n) is 6.57. The van der Waals surface area contributed by atoms with E-state index >= 15 is 0 Å². The van der Waals surface area contributed by atoms with Crippen LogP contribution in [0.1, 0.15) is 52.9 Å². The summed E-state index contributed by atoms with van der Waals surface area (Å²) in [5.41, 5.74) is 0. The van der Waals surface area contributed by atoms with Gasteiger partial charge in [-0.2, -0.15) is 0 Å². The van der Waals surface area contributed by atoms with Crippen LogP contribution in [0.15, 0.2) is 0 Å². The average molecular weight is 280 g/mol. The maximum Gasteiger partial charge on any atom is 0.474 e. The monoisotopic (exact) mass is 280 g/mol. The van der Waals surface area contributed by atoms with Crippen LogP contribution in [-0.2, 0) is 22.9 Å². The van der Waals surface area contributed by atoms with Crippen LogP contribution >= 0.6 is 7.82 Å². The Morgan fingerprint density at radius 2 is 1.39 bits per heavy atom. The Labute approximate surface area is 110 Å². The zero-order chi connectivity index (χ0) is 13.9. The lowest BCUT2D eigenvalue weighted by Crippen LogP contribution is -2.05. The van der Waals surface area contributed by atoms with Crippen molar-refractivity contribution >= 4 is 13.6 Å². The molecule has 0 heterocycles. The molecule has 0 aromatic heterocycles. The number of carbonyl (C=O) groups is 1. The summed E-state index contributed by atoms with van der Waals surface area (Å²) in [6, 6.07) is 0. The summed E-state index contributed by atoms with van der Waals surface area (Å²) in [6.45, 7) is 6.26. The third kappa shape index (κ3) is 9.77. The van der Waals surface area contributed by atoms with Gasteiger partial charge in [-0.3, -0.25) is 18.4 Å². The van der Waals surface area contributed by atoms with Crippen LogP contribution in [0.4, 0.5) is 0 Å². The summed E-state index contributed by atoms with van der Waals surface area (Å²) < 4.78 is 27.7. The van der Waals surface area contributed by atoms with E-state index in [1.54, 1.807) is 0 Å². The van der Waals surface area contributed by atoms with Crippen LogP contribution in [0, 0.1) is 0 Å². The first kappa shape index (κ1) is 17.8. The fourth-order valence-electron chi connectivity index (χ4n) is 1.05. The number of carbonyl (C=O) groups excluding carboxylic acids is 1. The van der Waals surface area contributed by atoms with Gasteiger partial charge in [0, 0.05) is 6.42 Å². The number of hydrogen-bond acceptors (Lipinski definition) is 5. The van der Waals surface area contributed by atoms with E-state index in [2.05, 4.69) is 0 Å². The molecule has 0 aliphatic heterocycles. The highest BCUT2D eigenvalue weighted by molar-refractivity contribution is 7.48. The lowest BCUT2D eigenvalue weighted by Gasteiger charge is -2.17. The second-order valence-electron chi connectivity index (χ2n) is 4.11. The number of ketones is 1. The molecule has 0 saturated heterocycles. The molecule has 0 radical (unpaired) electrons. The molecule has 0 saturated carbocycles. The summed E-state index contributed by atoms with van der Waals surface area (Å²) in [5.74, 6) is -0.0105. The van der Waals surface area contributed by atoms with E-state index in [4.69, 9.17) is 13.6 Å². The largest absolute Gasteiger partial charge is 0.474 e. The Balaban J connectivity index is 4.11. The van der Waals surface area contributed by atoms with E-state index in [0.29, 0.717) is 13.2 Å². The van der Waals surface area contributed by atoms with Gasteiger partial charge >= 0.3 is 7.82 Å². The molecule has 0 bridgehead atoms. The van der Waals surface area contributed by atoms with Crippen molar-refractivity contribution in [1.82, 2.24) is 0 Å². The summed E-state index contributed by atoms with van der Waals surface area (Å²) in [4.78, 5) is 10.8. The van der Waals surface area contributed by atoms with Crippen molar-refractivity contribution in [2.75, 3.05) is 19.8 Å². The molecule has 108 valence electrons. The smallest absolute Gasteiger partial charge is 0.300 e. The third-order valence-corrected chi connectivity index (χ3v) is 3.69. The summed E-state index contributed by atoms with van der Waals surface area (Å²) in [5, 5.41) is 0. The van der Waals surface area contributed by atoms with Gasteiger partial charge in [0.1, 0.15) is 5.78 Å². The number of unbranched alkanes of at least 4 members (excludes halogenated alkanes) is 2. The van der Waals surface area contributed by atoms with Crippen molar-refractivity contribution in [2.24, 2.45) is 0 Å². The van der Waals surface area contributed by atoms with E-state index < -0.39 is 7.82 Å². The van der Waals surface area contributed by atoms with Crippen LogP contribution in [0.5, 0.6) is 0 Å². The van der Waals surface area contributed by atoms with E-state index in [0.717, 1.165) is 25.7 Å². The van der Waals surface area contributed by atoms with Gasteiger partial charge in [-0.25, -0.2) is 4.57 Å². The summed E-state index contributed by atoms with van der Waals surface area (Å²) in [7, 11) is -3.49. The van der Waals surface area contributed by atoms with Crippen molar-refractivity contribution < 1.29 is 22.9 Å². The van der Waals surface area contributed by atoms with Gasteiger partial charge in [0.25, 0.3) is 0 Å². The summed E-state index contributed by atoms with van der Waals surface area (Å²) in [6.07, 6.45) is 3.72. The summed E-state index contributed by atoms with van der Waals surface area (Å²) >= 11 is 0. The van der Waals surface area contributed by atoms with Gasteiger partial charge in [-0.1, -0.05) is 26.7 Å². The molecule has 0 rings (SSSR count). The highest BCUT2D eigenvalue weighted by atomic mass is 31.2. The van der Waals surface area contributed by atoms with Crippen LogP contribution in [-0.4, -0.2) is 25.6 Å². The number of hydrogen-bond donors (Lipinski definition) is 0. The molecule has 0 N–H and O–H groups in total. The maximum absolute atomic E-state index is 12.2. The van der Waals surface area contributed by atoms with Crippen molar-refractivity contribution in [2.45, 2.75) is 52.9 Å². The van der Waals surface area contributed by atoms with Crippen LogP contribution < -0.4 is 0 Å². The molecular formula is C12H25O5P. The molecule has 0 aromatic rings. The minimum Gasteiger partial charge on any atom is -0.300 e. The molecule has 5 nitrogen and oxygen atoms in total. The molecule has 0 fully saturated rings. The fourth-order valence-corrected chi connectivity index (χ4v) is 2.30. The van der Waals surface area contributed by atoms with E-state index in [-0.39, 0.29) is 18.8 Å². The van der Waals surface area contributed by atoms with Gasteiger partial charge < -0.3 is 0 Å². The second kappa shape index (κ2) is 10.7. The maximum atomic E-state index is 12.2. The van der Waals surface area contributed by atoms with Crippen LogP contribution in [0.3, 0.4) is 0 Å². The average Bonchev–Trinajstić information content (AvgIpc) is 2.29. The highest BCUT2D eigenvalue weighted by Crippen LogP contribution is 2.49. The molecule has 0 unspecified atom stereocenters. The SMILES string of the molecule is CCCCOP(=O)(OCCCC)OCCC(C)=O. The first-order valence-corrected chi connectivity index (χ1v) is 8.03. The molecule has 18 heavy (non-hydrogen) atoms. The molecule has 0 aliphatic carbocycles. The lowest BCUT2D eigenvalue weighted by molar-refractivity contribution is -0.117. The topological polar surface area (TPSA) is 61.8 Å². The van der Waals surface area contributed by atoms with E-state index in [1.165, 1.54) is 6.92 Å². The molecule has 0 aromatic carbocycles. The van der Waals surface area contributed by atoms with E-state index in [9.17, 15) is 9.36 Å². The zero-order valence-corrected chi connectivity index (χ0v) is 12.5. The van der Waals surface area contributed by atoms with Gasteiger partial charge in [0.15, 0.2) is 0 Å². The normalized spacial score (nSPS) is 11.7. The Morgan fingerprint density at radius 1 is 0.944 bits per heavy atom. The Kier molecular flexibility index (Phi) is 10.5. The van der Waals surface area contributed by atoms with Gasteiger partial charge in [0.2, 0.25) is 0 Å². The highest BCUT2D eigenvalue weighted by Gasteiger charge is 2.26. The van der Waals surface area contributed by atoms with Crippen LogP contribution in [0.2, 0.25) is 0 Å². The predicted molar refractivity (Wildman–Crippen MR) is 70.6 cm³/mol. The van der Waals surface area contributed by atoms with Crippen molar-refractivity contribution in [1.29, 1.82) is 0 Å². The van der Waals surface area contributed by atoms with Gasteiger partial charge in [0.05, 0.1) is 19.8 Å². The van der Waals surface area contributed by atoms with Crippen LogP contribution in [0.25, 0.3) is 0 Å². The third-order valence-electron chi connectivity index (χ3n) is 2.20. The fraction of sp³-hybridized carbons (Fsp3) is 0.917. The number of Topliss-reactive ketones (excluding diaryl/α,β-unsaturated/α-hetero) is 1. The molecule has 0 amide bonds. The lowest BCUT2D eigenvalue weighted by atomic mass is 10.3. The van der Waals surface area contributed by atoms with Gasteiger partial charge in [-0.05, 0) is 19.8 Å². The Morgan fingerprint density at radius 3 is 1.78 bits per heavy atom. The molecule has 6 heteroatoms. The number of rotatable bonds is 12. The molecule has 0 spiro atoms. The predicted octanol–water partition coefficient (Wildman–Crippen LogP) is 3.72. The number of phosphoric ester groups is 1. The quantitative estimate of drug-likeness (QED) is 0.402. The Bertz CT molecular complexity index is 253. The second-order valence-corrected chi connectivity index (χ2v) is 5.78.